The number of carbonyl (C=O) groups excluding carboxylic acids is 1. The Labute approximate surface area is 230 Å². The largest absolute Gasteiger partial charge is 0.379 e. The summed E-state index contributed by atoms with van der Waals surface area (Å²) in [6, 6.07) is 15.2. The van der Waals surface area contributed by atoms with E-state index in [1.165, 1.54) is 33.6 Å². The number of aryl methyl sites for hydroxylation is 1. The number of anilines is 1. The van der Waals surface area contributed by atoms with Gasteiger partial charge in [0.05, 0.1) is 16.1 Å². The first kappa shape index (κ1) is 26.8. The molecule has 38 heavy (non-hydrogen) atoms. The third-order valence-electron chi connectivity index (χ3n) is 8.46. The minimum atomic E-state index is -1.79. The molecule has 2 aromatic carbocycles. The van der Waals surface area contributed by atoms with Crippen molar-refractivity contribution < 1.29 is 9.18 Å². The van der Waals surface area contributed by atoms with E-state index in [9.17, 15) is 9.18 Å². The van der Waals surface area contributed by atoms with Crippen molar-refractivity contribution in [2.75, 3.05) is 5.32 Å². The Morgan fingerprint density at radius 1 is 1.00 bits per heavy atom. The summed E-state index contributed by atoms with van der Waals surface area (Å²) in [6.07, 6.45) is 4.00. The molecular formula is C31H38FN3OSSi. The topological polar surface area (TPSA) is 46.9 Å². The molecule has 1 aliphatic carbocycles. The van der Waals surface area contributed by atoms with Gasteiger partial charge in [0, 0.05) is 6.20 Å². The third kappa shape index (κ3) is 4.64. The predicted octanol–water partition coefficient (Wildman–Crippen LogP) is 9.06. The van der Waals surface area contributed by atoms with Gasteiger partial charge in [-0.05, 0) is 88.2 Å². The van der Waals surface area contributed by atoms with Crippen molar-refractivity contribution in [1.82, 2.24) is 9.22 Å². The van der Waals surface area contributed by atoms with E-state index < -0.39 is 20.3 Å². The van der Waals surface area contributed by atoms with Crippen LogP contribution in [-0.2, 0) is 4.79 Å². The number of hydrogen-bond acceptors (Lipinski definition) is 3. The number of thiazole rings is 1. The van der Waals surface area contributed by atoms with Crippen molar-refractivity contribution in [1.29, 1.82) is 0 Å². The first-order valence-corrected chi connectivity index (χ1v) is 16.7. The summed E-state index contributed by atoms with van der Waals surface area (Å²) in [7, 11) is -1.79. The zero-order chi connectivity index (χ0) is 27.4. The fourth-order valence-electron chi connectivity index (χ4n) is 6.59. The van der Waals surface area contributed by atoms with Crippen LogP contribution in [0.15, 0.2) is 54.9 Å². The van der Waals surface area contributed by atoms with Crippen molar-refractivity contribution in [3.8, 4) is 22.3 Å². The van der Waals surface area contributed by atoms with Crippen LogP contribution in [-0.4, -0.2) is 29.5 Å². The number of halogens is 1. The van der Waals surface area contributed by atoms with Crippen LogP contribution in [0, 0.1) is 12.8 Å². The van der Waals surface area contributed by atoms with Gasteiger partial charge in [0.1, 0.15) is 6.17 Å². The second-order valence-corrected chi connectivity index (χ2v) is 18.5. The van der Waals surface area contributed by atoms with E-state index in [1.54, 1.807) is 0 Å². The molecule has 7 heteroatoms. The van der Waals surface area contributed by atoms with Gasteiger partial charge in [-0.2, -0.15) is 0 Å². The average molecular weight is 548 g/mol. The van der Waals surface area contributed by atoms with Crippen LogP contribution >= 0.6 is 11.3 Å². The number of rotatable bonds is 8. The Hall–Kier alpha value is -2.77. The van der Waals surface area contributed by atoms with Crippen LogP contribution in [0.2, 0.25) is 16.6 Å². The minimum Gasteiger partial charge on any atom is -0.379 e. The Bertz CT molecular complexity index is 1470. The highest BCUT2D eigenvalue weighted by atomic mass is 32.1. The molecule has 0 radical (unpaired) electrons. The number of alkyl halides is 1. The molecule has 0 saturated heterocycles. The fraction of sp³-hybridized carbons (Fsp3) is 0.419. The predicted molar refractivity (Wildman–Crippen MR) is 161 cm³/mol. The average Bonchev–Trinajstić information content (AvgIpc) is 3.22. The lowest BCUT2D eigenvalue weighted by Gasteiger charge is -2.44. The Morgan fingerprint density at radius 3 is 2.29 bits per heavy atom. The second kappa shape index (κ2) is 10.1. The highest BCUT2D eigenvalue weighted by Gasteiger charge is 2.45. The molecule has 2 atom stereocenters. The third-order valence-corrected chi connectivity index (χ3v) is 16.1. The molecule has 1 N–H and O–H groups in total. The fourth-order valence-corrected chi connectivity index (χ4v) is 14.0. The molecule has 0 unspecified atom stereocenters. The van der Waals surface area contributed by atoms with Gasteiger partial charge in [-0.3, -0.25) is 4.79 Å². The molecule has 1 amide bonds. The molecule has 0 bridgehead atoms. The summed E-state index contributed by atoms with van der Waals surface area (Å²) in [5, 5.41) is 3.32. The van der Waals surface area contributed by atoms with Crippen molar-refractivity contribution in [3.63, 3.8) is 0 Å². The number of amides is 1. The van der Waals surface area contributed by atoms with Gasteiger partial charge in [-0.15, -0.1) is 0 Å². The van der Waals surface area contributed by atoms with E-state index in [-0.39, 0.29) is 5.91 Å². The molecule has 1 saturated carbocycles. The van der Waals surface area contributed by atoms with E-state index in [0.29, 0.717) is 28.2 Å². The molecule has 2 heterocycles. The standard InChI is InChI=1S/C31H38FN3OSSi/c1-18(2)38(19(3)4,20(5)6)35-13-12-24(17-35)22-9-8-21(7)25(14-22)23-10-11-28-29(15-23)37-31(33-28)34-30(36)26-16-27(26)32/h8-15,17-20,26-27H,16H2,1-7H3,(H,33,34,36)/t26-,27+/m1/s1. The van der Waals surface area contributed by atoms with E-state index >= 15 is 0 Å². The highest BCUT2D eigenvalue weighted by Crippen LogP contribution is 2.43. The van der Waals surface area contributed by atoms with E-state index in [1.807, 2.05) is 6.07 Å². The summed E-state index contributed by atoms with van der Waals surface area (Å²) in [5.41, 5.74) is 8.74. The molecule has 0 aliphatic heterocycles. The van der Waals surface area contributed by atoms with Crippen LogP contribution < -0.4 is 5.32 Å². The Balaban J connectivity index is 1.47. The molecule has 1 aliphatic rings. The smallest absolute Gasteiger partial charge is 0.232 e. The number of aromatic nitrogens is 2. The number of fused-ring (bicyclic) bond motifs is 1. The first-order valence-electron chi connectivity index (χ1n) is 13.7. The number of nitrogens with zero attached hydrogens (tertiary/aromatic N) is 2. The Morgan fingerprint density at radius 2 is 1.66 bits per heavy atom. The van der Waals surface area contributed by atoms with E-state index in [2.05, 4.69) is 112 Å². The van der Waals surface area contributed by atoms with Crippen LogP contribution in [0.25, 0.3) is 32.5 Å². The van der Waals surface area contributed by atoms with Crippen LogP contribution in [0.3, 0.4) is 0 Å². The van der Waals surface area contributed by atoms with E-state index in [4.69, 9.17) is 0 Å². The van der Waals surface area contributed by atoms with Crippen LogP contribution in [0.4, 0.5) is 9.52 Å². The summed E-state index contributed by atoms with van der Waals surface area (Å²) in [5.74, 6) is -0.793. The summed E-state index contributed by atoms with van der Waals surface area (Å²) in [6.45, 7) is 16.5. The maximum absolute atomic E-state index is 13.3. The molecule has 4 aromatic rings. The van der Waals surface area contributed by atoms with Crippen LogP contribution in [0.1, 0.15) is 53.5 Å². The first-order chi connectivity index (χ1) is 18.0. The molecule has 2 aromatic heterocycles. The minimum absolute atomic E-state index is 0.272. The SMILES string of the molecule is Cc1ccc(-c2ccn([Si](C(C)C)(C(C)C)C(C)C)c2)cc1-c1ccc2nc(NC(=O)[C@@H]3C[C@@H]3F)sc2c1. The zero-order valence-electron chi connectivity index (χ0n) is 23.4. The lowest BCUT2D eigenvalue weighted by Crippen LogP contribution is -2.51. The summed E-state index contributed by atoms with van der Waals surface area (Å²) >= 11 is 1.44. The number of nitrogens with one attached hydrogen (secondary N) is 1. The van der Waals surface area contributed by atoms with Crippen molar-refractivity contribution in [3.05, 3.63) is 60.4 Å². The van der Waals surface area contributed by atoms with Gasteiger partial charge in [-0.25, -0.2) is 9.37 Å². The van der Waals surface area contributed by atoms with Crippen molar-refractivity contribution in [2.24, 2.45) is 5.92 Å². The van der Waals surface area contributed by atoms with Crippen molar-refractivity contribution in [2.45, 2.75) is 77.7 Å². The van der Waals surface area contributed by atoms with Gasteiger partial charge >= 0.3 is 0 Å². The van der Waals surface area contributed by atoms with Gasteiger partial charge in [0.2, 0.25) is 5.91 Å². The Kier molecular flexibility index (Phi) is 7.11. The summed E-state index contributed by atoms with van der Waals surface area (Å²) in [4.78, 5) is 16.7. The lowest BCUT2D eigenvalue weighted by atomic mass is 9.96. The molecule has 0 spiro atoms. The zero-order valence-corrected chi connectivity index (χ0v) is 25.2. The van der Waals surface area contributed by atoms with E-state index in [0.717, 1.165) is 15.8 Å². The number of benzene rings is 2. The molecular weight excluding hydrogens is 510 g/mol. The van der Waals surface area contributed by atoms with Gasteiger partial charge in [0.25, 0.3) is 0 Å². The highest BCUT2D eigenvalue weighted by molar-refractivity contribution is 7.22. The number of carbonyl (C=O) groups is 1. The molecule has 4 nitrogen and oxygen atoms in total. The molecule has 1 fully saturated rings. The maximum atomic E-state index is 13.3. The monoisotopic (exact) mass is 547 g/mol. The summed E-state index contributed by atoms with van der Waals surface area (Å²) < 4.78 is 16.8. The second-order valence-electron chi connectivity index (χ2n) is 11.7. The van der Waals surface area contributed by atoms with Gasteiger partial charge < -0.3 is 9.55 Å². The van der Waals surface area contributed by atoms with Gasteiger partial charge in [-0.1, -0.05) is 71.1 Å². The molecule has 200 valence electrons. The lowest BCUT2D eigenvalue weighted by molar-refractivity contribution is -0.117. The molecule has 5 rings (SSSR count). The normalized spacial score (nSPS) is 17.7. The van der Waals surface area contributed by atoms with Crippen molar-refractivity contribution >= 4 is 40.8 Å². The number of hydrogen-bond donors (Lipinski definition) is 1. The van der Waals surface area contributed by atoms with Crippen LogP contribution in [0.5, 0.6) is 0 Å². The van der Waals surface area contributed by atoms with Gasteiger partial charge in [0.15, 0.2) is 13.4 Å². The maximum Gasteiger partial charge on any atom is 0.232 e. The quantitative estimate of drug-likeness (QED) is 0.224.